The molecule has 9 nitrogen and oxygen atoms in total. The Balaban J connectivity index is 1.75. The Hall–Kier alpha value is -2.94. The molecule has 0 saturated heterocycles. The van der Waals surface area contributed by atoms with Crippen LogP contribution in [0.15, 0.2) is 24.4 Å². The van der Waals surface area contributed by atoms with E-state index in [1.54, 1.807) is 24.4 Å². The molecule has 1 aliphatic carbocycles. The third kappa shape index (κ3) is 6.03. The Morgan fingerprint density at radius 3 is 2.73 bits per heavy atom. The number of carbonyl (C=O) groups is 2. The number of amides is 2. The van der Waals surface area contributed by atoms with Crippen molar-refractivity contribution in [1.29, 1.82) is 0 Å². The lowest BCUT2D eigenvalue weighted by molar-refractivity contribution is 0.0940. The highest BCUT2D eigenvalue weighted by Crippen LogP contribution is 2.25. The van der Waals surface area contributed by atoms with Crippen molar-refractivity contribution >= 4 is 11.8 Å². The fourth-order valence-corrected chi connectivity index (χ4v) is 2.75. The second kappa shape index (κ2) is 10.7. The van der Waals surface area contributed by atoms with Crippen LogP contribution in [-0.2, 0) is 4.74 Å². The van der Waals surface area contributed by atoms with Gasteiger partial charge in [-0.15, -0.1) is 5.10 Å². The van der Waals surface area contributed by atoms with Crippen LogP contribution in [0.25, 0.3) is 5.69 Å². The summed E-state index contributed by atoms with van der Waals surface area (Å²) in [7, 11) is 0. The predicted octanol–water partition coefficient (Wildman–Crippen LogP) is 2.10. The number of ether oxygens (including phenoxy) is 2. The van der Waals surface area contributed by atoms with Crippen LogP contribution < -0.4 is 15.4 Å². The molecule has 0 aliphatic heterocycles. The van der Waals surface area contributed by atoms with Gasteiger partial charge in [0.2, 0.25) is 0 Å². The third-order valence-electron chi connectivity index (χ3n) is 4.57. The summed E-state index contributed by atoms with van der Waals surface area (Å²) in [5.74, 6) is 0.0440. The fourth-order valence-electron chi connectivity index (χ4n) is 2.75. The van der Waals surface area contributed by atoms with Crippen LogP contribution in [0.1, 0.15) is 60.4 Å². The van der Waals surface area contributed by atoms with Crippen LogP contribution in [0.2, 0.25) is 0 Å². The third-order valence-corrected chi connectivity index (χ3v) is 4.57. The molecule has 0 spiro atoms. The first kappa shape index (κ1) is 21.8. The van der Waals surface area contributed by atoms with Gasteiger partial charge in [-0.2, -0.15) is 0 Å². The standard InChI is InChI=1S/C21H29N5O4/c1-3-5-10-29-11-12-30-19-13-15(20(27)22-4-2)6-9-18(19)26-14-17(24-25-26)21(28)23-16-7-8-16/h6,9,13-14,16H,3-5,7-8,10-12H2,1-2H3,(H,22,27)(H,23,28). The molecule has 3 rings (SSSR count). The number of rotatable bonds is 12. The van der Waals surface area contributed by atoms with Crippen molar-refractivity contribution in [2.75, 3.05) is 26.4 Å². The lowest BCUT2D eigenvalue weighted by Crippen LogP contribution is -2.25. The maximum Gasteiger partial charge on any atom is 0.273 e. The molecule has 0 radical (unpaired) electrons. The number of aromatic nitrogens is 3. The molecule has 30 heavy (non-hydrogen) atoms. The van der Waals surface area contributed by atoms with Crippen molar-refractivity contribution in [2.24, 2.45) is 0 Å². The van der Waals surface area contributed by atoms with Crippen LogP contribution in [-0.4, -0.2) is 59.2 Å². The number of hydrogen-bond donors (Lipinski definition) is 2. The molecule has 0 bridgehead atoms. The molecule has 162 valence electrons. The van der Waals surface area contributed by atoms with Gasteiger partial charge >= 0.3 is 0 Å². The van der Waals surface area contributed by atoms with Crippen LogP contribution >= 0.6 is 0 Å². The summed E-state index contributed by atoms with van der Waals surface area (Å²) < 4.78 is 12.9. The van der Waals surface area contributed by atoms with Gasteiger partial charge in [0.15, 0.2) is 5.69 Å². The average molecular weight is 415 g/mol. The zero-order chi connectivity index (χ0) is 21.3. The van der Waals surface area contributed by atoms with E-state index in [0.29, 0.717) is 43.4 Å². The number of unbranched alkanes of at least 4 members (excludes halogenated alkanes) is 1. The first-order chi connectivity index (χ1) is 14.6. The Labute approximate surface area is 176 Å². The van der Waals surface area contributed by atoms with Gasteiger partial charge in [-0.25, -0.2) is 4.68 Å². The Kier molecular flexibility index (Phi) is 7.78. The van der Waals surface area contributed by atoms with Crippen molar-refractivity contribution in [2.45, 2.75) is 45.6 Å². The minimum absolute atomic E-state index is 0.184. The van der Waals surface area contributed by atoms with E-state index >= 15 is 0 Å². The Morgan fingerprint density at radius 1 is 1.17 bits per heavy atom. The van der Waals surface area contributed by atoms with Crippen LogP contribution in [0, 0.1) is 0 Å². The molecule has 1 aromatic carbocycles. The van der Waals surface area contributed by atoms with Crippen LogP contribution in [0.4, 0.5) is 0 Å². The molecule has 9 heteroatoms. The van der Waals surface area contributed by atoms with E-state index in [9.17, 15) is 9.59 Å². The highest BCUT2D eigenvalue weighted by Gasteiger charge is 2.25. The molecular weight excluding hydrogens is 386 g/mol. The lowest BCUT2D eigenvalue weighted by atomic mass is 10.1. The molecule has 1 saturated carbocycles. The highest BCUT2D eigenvalue weighted by atomic mass is 16.5. The molecule has 0 atom stereocenters. The second-order valence-electron chi connectivity index (χ2n) is 7.15. The van der Waals surface area contributed by atoms with Crippen molar-refractivity contribution in [3.63, 3.8) is 0 Å². The van der Waals surface area contributed by atoms with Gasteiger partial charge in [0.05, 0.1) is 12.8 Å². The summed E-state index contributed by atoms with van der Waals surface area (Å²) in [5.41, 5.74) is 1.31. The highest BCUT2D eigenvalue weighted by molar-refractivity contribution is 5.95. The topological polar surface area (TPSA) is 107 Å². The molecule has 1 aliphatic rings. The number of hydrogen-bond acceptors (Lipinski definition) is 6. The molecule has 2 amide bonds. The molecule has 1 heterocycles. The summed E-state index contributed by atoms with van der Waals surface area (Å²) in [6, 6.07) is 5.33. The minimum Gasteiger partial charge on any atom is -0.489 e. The van der Waals surface area contributed by atoms with E-state index in [0.717, 1.165) is 25.7 Å². The summed E-state index contributed by atoms with van der Waals surface area (Å²) in [4.78, 5) is 24.4. The van der Waals surface area contributed by atoms with Gasteiger partial charge in [0, 0.05) is 24.8 Å². The van der Waals surface area contributed by atoms with Gasteiger partial charge < -0.3 is 20.1 Å². The first-order valence-electron chi connectivity index (χ1n) is 10.5. The largest absolute Gasteiger partial charge is 0.489 e. The van der Waals surface area contributed by atoms with E-state index in [2.05, 4.69) is 27.9 Å². The van der Waals surface area contributed by atoms with E-state index < -0.39 is 0 Å². The predicted molar refractivity (Wildman–Crippen MR) is 111 cm³/mol. The fraction of sp³-hybridized carbons (Fsp3) is 0.524. The molecule has 2 N–H and O–H groups in total. The Bertz CT molecular complexity index is 863. The minimum atomic E-state index is -0.241. The van der Waals surface area contributed by atoms with Crippen molar-refractivity contribution < 1.29 is 19.1 Å². The normalized spacial score (nSPS) is 13.1. The quantitative estimate of drug-likeness (QED) is 0.514. The maximum atomic E-state index is 12.2. The van der Waals surface area contributed by atoms with Crippen molar-refractivity contribution in [3.05, 3.63) is 35.7 Å². The SMILES string of the molecule is CCCCOCCOc1cc(C(=O)NCC)ccc1-n1cc(C(=O)NC2CC2)nn1. The zero-order valence-corrected chi connectivity index (χ0v) is 17.5. The van der Waals surface area contributed by atoms with Crippen LogP contribution in [0.3, 0.4) is 0 Å². The van der Waals surface area contributed by atoms with Gasteiger partial charge in [-0.1, -0.05) is 18.6 Å². The molecule has 0 unspecified atom stereocenters. The van der Waals surface area contributed by atoms with Gasteiger partial charge in [-0.3, -0.25) is 9.59 Å². The van der Waals surface area contributed by atoms with Gasteiger partial charge in [-0.05, 0) is 44.4 Å². The Morgan fingerprint density at radius 2 is 2.00 bits per heavy atom. The van der Waals surface area contributed by atoms with Crippen LogP contribution in [0.5, 0.6) is 5.75 Å². The average Bonchev–Trinajstić information content (AvgIpc) is 3.42. The second-order valence-corrected chi connectivity index (χ2v) is 7.15. The first-order valence-corrected chi connectivity index (χ1v) is 10.5. The number of nitrogens with zero attached hydrogens (tertiary/aromatic N) is 3. The van der Waals surface area contributed by atoms with Crippen molar-refractivity contribution in [3.8, 4) is 11.4 Å². The number of benzene rings is 1. The number of carbonyl (C=O) groups excluding carboxylic acids is 2. The monoisotopic (exact) mass is 415 g/mol. The summed E-state index contributed by atoms with van der Waals surface area (Å²) in [6.07, 6.45) is 5.63. The molecular formula is C21H29N5O4. The van der Waals surface area contributed by atoms with Gasteiger partial charge in [0.25, 0.3) is 11.8 Å². The van der Waals surface area contributed by atoms with Gasteiger partial charge in [0.1, 0.15) is 18.0 Å². The molecule has 2 aromatic rings. The summed E-state index contributed by atoms with van der Waals surface area (Å²) in [5, 5.41) is 13.7. The zero-order valence-electron chi connectivity index (χ0n) is 17.5. The van der Waals surface area contributed by atoms with E-state index in [1.807, 2.05) is 6.92 Å². The maximum absolute atomic E-state index is 12.2. The summed E-state index contributed by atoms with van der Waals surface area (Å²) >= 11 is 0. The van der Waals surface area contributed by atoms with E-state index in [1.165, 1.54) is 4.68 Å². The smallest absolute Gasteiger partial charge is 0.273 e. The molecule has 1 fully saturated rings. The molecule has 1 aromatic heterocycles. The number of nitrogens with one attached hydrogen (secondary N) is 2. The summed E-state index contributed by atoms with van der Waals surface area (Å²) in [6.45, 7) is 5.96. The van der Waals surface area contributed by atoms with Crippen molar-refractivity contribution in [1.82, 2.24) is 25.6 Å². The lowest BCUT2D eigenvalue weighted by Gasteiger charge is -2.13. The van der Waals surface area contributed by atoms with E-state index in [4.69, 9.17) is 9.47 Å². The van der Waals surface area contributed by atoms with E-state index in [-0.39, 0.29) is 23.6 Å².